The molecule has 0 amide bonds. The summed E-state index contributed by atoms with van der Waals surface area (Å²) in [4.78, 5) is 11.4. The summed E-state index contributed by atoms with van der Waals surface area (Å²) < 4.78 is 17.4. The number of rotatable bonds is 8. The molecule has 2 saturated heterocycles. The molecule has 7 nitrogen and oxygen atoms in total. The molecule has 1 saturated carbocycles. The average molecular weight is 487 g/mol. The molecule has 1 spiro atoms. The highest BCUT2D eigenvalue weighted by Gasteiger charge is 2.49. The summed E-state index contributed by atoms with van der Waals surface area (Å²) in [5.41, 5.74) is 9.36. The van der Waals surface area contributed by atoms with E-state index >= 15 is 0 Å². The number of aromatic nitrogens is 2. The Bertz CT molecular complexity index is 1190. The predicted octanol–water partition coefficient (Wildman–Crippen LogP) is 4.09. The van der Waals surface area contributed by atoms with Gasteiger partial charge in [-0.1, -0.05) is 38.1 Å². The topological polar surface area (TPSA) is 82.7 Å². The van der Waals surface area contributed by atoms with Gasteiger partial charge in [-0.3, -0.25) is 4.98 Å². The van der Waals surface area contributed by atoms with Crippen LogP contribution in [0.2, 0.25) is 0 Å². The van der Waals surface area contributed by atoms with Crippen LogP contribution in [0.1, 0.15) is 43.5 Å². The fourth-order valence-electron chi connectivity index (χ4n) is 5.25. The fourth-order valence-corrected chi connectivity index (χ4v) is 5.25. The highest BCUT2D eigenvalue weighted by atomic mass is 16.5. The summed E-state index contributed by atoms with van der Waals surface area (Å²) in [6.07, 6.45) is 5.73. The molecule has 2 aromatic carbocycles. The maximum atomic E-state index is 6.03. The number of hydrogen-bond donors (Lipinski definition) is 1. The van der Waals surface area contributed by atoms with Gasteiger partial charge in [0.2, 0.25) is 0 Å². The van der Waals surface area contributed by atoms with Crippen molar-refractivity contribution in [3.05, 3.63) is 77.7 Å². The van der Waals surface area contributed by atoms with E-state index in [9.17, 15) is 0 Å². The third-order valence-corrected chi connectivity index (χ3v) is 7.84. The number of benzene rings is 2. The fraction of sp³-hybridized carbons (Fsp3) is 0.448. The largest absolute Gasteiger partial charge is 0.490 e. The molecule has 36 heavy (non-hydrogen) atoms. The molecule has 188 valence electrons. The highest BCUT2D eigenvalue weighted by molar-refractivity contribution is 5.43. The Labute approximate surface area is 212 Å². The van der Waals surface area contributed by atoms with Crippen molar-refractivity contribution in [1.29, 1.82) is 0 Å². The van der Waals surface area contributed by atoms with E-state index < -0.39 is 0 Å². The first kappa shape index (κ1) is 23.3. The van der Waals surface area contributed by atoms with Gasteiger partial charge in [-0.2, -0.15) is 0 Å². The molecule has 3 aromatic rings. The van der Waals surface area contributed by atoms with Crippen LogP contribution in [0.4, 0.5) is 5.82 Å². The Balaban J connectivity index is 1.05. The SMILES string of the molecule is CC(C)(c1ccc(OCc2cncc(N3CC4(COC4)C3)n2)cc1)c1ccc(OC2CC(N)C2)cc1. The zero-order valence-electron chi connectivity index (χ0n) is 21.0. The van der Waals surface area contributed by atoms with E-state index in [1.54, 1.807) is 6.20 Å². The summed E-state index contributed by atoms with van der Waals surface area (Å²) in [7, 11) is 0. The second-order valence-electron chi connectivity index (χ2n) is 11.2. The smallest absolute Gasteiger partial charge is 0.147 e. The van der Waals surface area contributed by atoms with Crippen molar-refractivity contribution in [2.75, 3.05) is 31.2 Å². The first-order valence-electron chi connectivity index (χ1n) is 12.8. The van der Waals surface area contributed by atoms with Crippen LogP contribution in [0.3, 0.4) is 0 Å². The molecule has 0 atom stereocenters. The van der Waals surface area contributed by atoms with Crippen LogP contribution in [-0.4, -0.2) is 48.4 Å². The zero-order valence-corrected chi connectivity index (χ0v) is 21.0. The molecular formula is C29H34N4O3. The first-order valence-corrected chi connectivity index (χ1v) is 12.8. The Kier molecular flexibility index (Phi) is 5.85. The lowest BCUT2D eigenvalue weighted by Crippen LogP contribution is -2.66. The van der Waals surface area contributed by atoms with E-state index in [0.29, 0.717) is 18.1 Å². The summed E-state index contributed by atoms with van der Waals surface area (Å²) >= 11 is 0. The summed E-state index contributed by atoms with van der Waals surface area (Å²) in [6, 6.07) is 17.1. The lowest BCUT2D eigenvalue weighted by atomic mass is 9.78. The maximum absolute atomic E-state index is 6.03. The van der Waals surface area contributed by atoms with Crippen molar-refractivity contribution in [3.63, 3.8) is 0 Å². The average Bonchev–Trinajstić information content (AvgIpc) is 2.81. The highest BCUT2D eigenvalue weighted by Crippen LogP contribution is 2.39. The van der Waals surface area contributed by atoms with Crippen LogP contribution >= 0.6 is 0 Å². The van der Waals surface area contributed by atoms with Crippen LogP contribution in [0.15, 0.2) is 60.9 Å². The standard InChI is InChI=1S/C29H34N4O3/c1-28(2,21-5-9-25(10-6-21)36-26-11-22(30)12-26)20-3-7-24(8-4-20)35-15-23-13-31-14-27(32-23)33-16-29(17-33)18-34-19-29/h3-10,13-14,22,26H,11-12,15-19,30H2,1-2H3. The molecule has 0 radical (unpaired) electrons. The van der Waals surface area contributed by atoms with E-state index in [2.05, 4.69) is 60.1 Å². The van der Waals surface area contributed by atoms with Crippen LogP contribution in [0.25, 0.3) is 0 Å². The van der Waals surface area contributed by atoms with Gasteiger partial charge in [0.25, 0.3) is 0 Å². The van der Waals surface area contributed by atoms with Crippen molar-refractivity contribution in [3.8, 4) is 11.5 Å². The Morgan fingerprint density at radius 1 is 0.972 bits per heavy atom. The van der Waals surface area contributed by atoms with Gasteiger partial charge in [0.15, 0.2) is 0 Å². The quantitative estimate of drug-likeness (QED) is 0.514. The lowest BCUT2D eigenvalue weighted by molar-refractivity contribution is -0.127. The van der Waals surface area contributed by atoms with Crippen molar-refractivity contribution < 1.29 is 14.2 Å². The van der Waals surface area contributed by atoms with Crippen molar-refractivity contribution in [1.82, 2.24) is 9.97 Å². The molecule has 0 bridgehead atoms. The number of nitrogens with zero attached hydrogens (tertiary/aromatic N) is 3. The third-order valence-electron chi connectivity index (χ3n) is 7.84. The second-order valence-corrected chi connectivity index (χ2v) is 11.2. The van der Waals surface area contributed by atoms with E-state index in [1.165, 1.54) is 11.1 Å². The van der Waals surface area contributed by atoms with E-state index in [0.717, 1.165) is 62.2 Å². The summed E-state index contributed by atoms with van der Waals surface area (Å²) in [5.74, 6) is 2.64. The zero-order chi connectivity index (χ0) is 24.8. The number of anilines is 1. The van der Waals surface area contributed by atoms with Crippen molar-refractivity contribution in [2.24, 2.45) is 11.1 Å². The monoisotopic (exact) mass is 486 g/mol. The molecule has 3 heterocycles. The number of ether oxygens (including phenoxy) is 3. The van der Waals surface area contributed by atoms with E-state index in [4.69, 9.17) is 24.9 Å². The number of hydrogen-bond acceptors (Lipinski definition) is 7. The molecule has 2 aliphatic heterocycles. The molecule has 3 aliphatic rings. The van der Waals surface area contributed by atoms with Crippen LogP contribution in [0, 0.1) is 5.41 Å². The van der Waals surface area contributed by atoms with Gasteiger partial charge in [0, 0.05) is 24.5 Å². The Morgan fingerprint density at radius 2 is 1.61 bits per heavy atom. The molecule has 2 N–H and O–H groups in total. The molecule has 3 fully saturated rings. The van der Waals surface area contributed by atoms with Gasteiger partial charge in [-0.05, 0) is 48.2 Å². The number of nitrogens with two attached hydrogens (primary N) is 1. The normalized spacial score (nSPS) is 22.4. The maximum Gasteiger partial charge on any atom is 0.147 e. The summed E-state index contributed by atoms with van der Waals surface area (Å²) in [6.45, 7) is 8.58. The molecule has 1 aromatic heterocycles. The van der Waals surface area contributed by atoms with Crippen molar-refractivity contribution >= 4 is 5.82 Å². The van der Waals surface area contributed by atoms with Crippen LogP contribution < -0.4 is 20.1 Å². The van der Waals surface area contributed by atoms with Gasteiger partial charge >= 0.3 is 0 Å². The van der Waals surface area contributed by atoms with Crippen LogP contribution in [0.5, 0.6) is 11.5 Å². The minimum atomic E-state index is -0.143. The minimum absolute atomic E-state index is 0.143. The molecular weight excluding hydrogens is 452 g/mol. The van der Waals surface area contributed by atoms with Gasteiger partial charge in [0.05, 0.1) is 36.7 Å². The molecule has 7 heteroatoms. The van der Waals surface area contributed by atoms with E-state index in [1.807, 2.05) is 18.3 Å². The Morgan fingerprint density at radius 3 is 2.19 bits per heavy atom. The first-order chi connectivity index (χ1) is 17.4. The van der Waals surface area contributed by atoms with Gasteiger partial charge in [-0.25, -0.2) is 4.98 Å². The Hall–Kier alpha value is -3.16. The van der Waals surface area contributed by atoms with Gasteiger partial charge in [0.1, 0.15) is 30.0 Å². The third kappa shape index (κ3) is 4.53. The van der Waals surface area contributed by atoms with Crippen LogP contribution in [-0.2, 0) is 16.8 Å². The molecule has 0 unspecified atom stereocenters. The van der Waals surface area contributed by atoms with Gasteiger partial charge in [-0.15, -0.1) is 0 Å². The molecule has 1 aliphatic carbocycles. The predicted molar refractivity (Wildman–Crippen MR) is 138 cm³/mol. The minimum Gasteiger partial charge on any atom is -0.490 e. The lowest BCUT2D eigenvalue weighted by Gasteiger charge is -2.55. The van der Waals surface area contributed by atoms with Gasteiger partial charge < -0.3 is 24.8 Å². The van der Waals surface area contributed by atoms with Crippen molar-refractivity contribution in [2.45, 2.75) is 50.9 Å². The van der Waals surface area contributed by atoms with E-state index in [-0.39, 0.29) is 11.5 Å². The summed E-state index contributed by atoms with van der Waals surface area (Å²) in [5, 5.41) is 0. The molecule has 6 rings (SSSR count). The second kappa shape index (κ2) is 9.05.